The van der Waals surface area contributed by atoms with Gasteiger partial charge in [-0.15, -0.1) is 0 Å². The van der Waals surface area contributed by atoms with Crippen molar-refractivity contribution in [3.05, 3.63) is 0 Å². The van der Waals surface area contributed by atoms with Crippen LogP contribution in [0.15, 0.2) is 0 Å². The number of nitrogens with one attached hydrogen (secondary N) is 1. The maximum atomic E-state index is 11.0. The Hall–Kier alpha value is -0.570. The van der Waals surface area contributed by atoms with E-state index in [2.05, 4.69) is 26.1 Å². The number of nitrogens with two attached hydrogens (primary N) is 1. The fraction of sp³-hybridized carbons (Fsp3) is 0.917. The number of rotatable bonds is 9. The van der Waals surface area contributed by atoms with E-state index >= 15 is 0 Å². The second kappa shape index (κ2) is 7.69. The van der Waals surface area contributed by atoms with Crippen LogP contribution in [0.2, 0.25) is 0 Å². The molecular formula is C12H26N2O. The van der Waals surface area contributed by atoms with Crippen LogP contribution in [0.1, 0.15) is 59.3 Å². The molecule has 0 spiro atoms. The maximum Gasteiger partial charge on any atom is 0.219 e. The van der Waals surface area contributed by atoms with Crippen molar-refractivity contribution >= 4 is 5.91 Å². The number of carbonyl (C=O) groups excluding carboxylic acids is 1. The molecule has 3 nitrogen and oxygen atoms in total. The minimum absolute atomic E-state index is 0.100. The summed E-state index contributed by atoms with van der Waals surface area (Å²) in [5, 5.41) is 3.44. The summed E-state index contributed by atoms with van der Waals surface area (Å²) in [5.41, 5.74) is 5.18. The van der Waals surface area contributed by atoms with Crippen molar-refractivity contribution in [2.24, 2.45) is 5.73 Å². The fourth-order valence-electron chi connectivity index (χ4n) is 1.82. The predicted molar refractivity (Wildman–Crippen MR) is 64.7 cm³/mol. The Labute approximate surface area is 93.8 Å². The van der Waals surface area contributed by atoms with E-state index in [-0.39, 0.29) is 11.4 Å². The first kappa shape index (κ1) is 14.4. The summed E-state index contributed by atoms with van der Waals surface area (Å²) >= 11 is 0. The van der Waals surface area contributed by atoms with Crippen LogP contribution < -0.4 is 11.1 Å². The van der Waals surface area contributed by atoms with Gasteiger partial charge in [0.05, 0.1) is 0 Å². The molecule has 0 aliphatic heterocycles. The lowest BCUT2D eigenvalue weighted by molar-refractivity contribution is -0.119. The molecule has 1 amide bonds. The first-order valence-corrected chi connectivity index (χ1v) is 6.07. The van der Waals surface area contributed by atoms with E-state index in [0.29, 0.717) is 6.42 Å². The van der Waals surface area contributed by atoms with Gasteiger partial charge in [-0.05, 0) is 26.3 Å². The molecule has 0 fully saturated rings. The van der Waals surface area contributed by atoms with E-state index < -0.39 is 0 Å². The summed E-state index contributed by atoms with van der Waals surface area (Å²) in [6.45, 7) is 7.37. The Morgan fingerprint density at radius 2 is 1.93 bits per heavy atom. The monoisotopic (exact) mass is 214 g/mol. The highest BCUT2D eigenvalue weighted by Crippen LogP contribution is 2.18. The van der Waals surface area contributed by atoms with E-state index in [9.17, 15) is 4.79 Å². The Morgan fingerprint density at radius 3 is 2.40 bits per heavy atom. The summed E-state index contributed by atoms with van der Waals surface area (Å²) in [6, 6.07) is 0. The summed E-state index contributed by atoms with van der Waals surface area (Å²) in [5.74, 6) is -0.211. The van der Waals surface area contributed by atoms with Crippen LogP contribution in [0.5, 0.6) is 0 Å². The third kappa shape index (κ3) is 7.37. The Morgan fingerprint density at radius 1 is 1.27 bits per heavy atom. The van der Waals surface area contributed by atoms with Gasteiger partial charge in [-0.3, -0.25) is 4.79 Å². The highest BCUT2D eigenvalue weighted by molar-refractivity contribution is 5.75. The predicted octanol–water partition coefficient (Wildman–Crippen LogP) is 2.20. The molecule has 0 saturated carbocycles. The van der Waals surface area contributed by atoms with Gasteiger partial charge >= 0.3 is 0 Å². The lowest BCUT2D eigenvalue weighted by Crippen LogP contribution is -2.45. The number of amides is 1. The second-order valence-electron chi connectivity index (χ2n) is 4.59. The molecule has 3 N–H and O–H groups in total. The van der Waals surface area contributed by atoms with Crippen molar-refractivity contribution in [3.63, 3.8) is 0 Å². The van der Waals surface area contributed by atoms with Crippen molar-refractivity contribution in [2.45, 2.75) is 64.8 Å². The minimum atomic E-state index is -0.211. The average Bonchev–Trinajstić information content (AvgIpc) is 2.14. The van der Waals surface area contributed by atoms with Gasteiger partial charge < -0.3 is 11.1 Å². The molecule has 0 rings (SSSR count). The zero-order chi connectivity index (χ0) is 11.7. The van der Waals surface area contributed by atoms with Gasteiger partial charge in [0.15, 0.2) is 0 Å². The van der Waals surface area contributed by atoms with Gasteiger partial charge in [-0.25, -0.2) is 0 Å². The largest absolute Gasteiger partial charge is 0.370 e. The van der Waals surface area contributed by atoms with Crippen LogP contribution >= 0.6 is 0 Å². The standard InChI is InChI=1S/C12H26N2O/c1-4-6-7-8-12(3,10-11(13)15)14-9-5-2/h14H,4-10H2,1-3H3,(H2,13,15). The quantitative estimate of drug-likeness (QED) is 0.578. The Kier molecular flexibility index (Phi) is 7.39. The van der Waals surface area contributed by atoms with E-state index in [1.165, 1.54) is 12.8 Å². The zero-order valence-electron chi connectivity index (χ0n) is 10.4. The number of hydrogen-bond donors (Lipinski definition) is 2. The van der Waals surface area contributed by atoms with Crippen LogP contribution in [0, 0.1) is 0 Å². The first-order chi connectivity index (χ1) is 7.04. The number of unbranched alkanes of at least 4 members (excludes halogenated alkanes) is 2. The number of hydrogen-bond acceptors (Lipinski definition) is 2. The molecule has 1 atom stereocenters. The molecular weight excluding hydrogens is 188 g/mol. The lowest BCUT2D eigenvalue weighted by Gasteiger charge is -2.30. The van der Waals surface area contributed by atoms with Crippen LogP contribution in [0.25, 0.3) is 0 Å². The zero-order valence-corrected chi connectivity index (χ0v) is 10.4. The van der Waals surface area contributed by atoms with Crippen LogP contribution in [-0.4, -0.2) is 18.0 Å². The van der Waals surface area contributed by atoms with Crippen molar-refractivity contribution in [3.8, 4) is 0 Å². The molecule has 0 heterocycles. The number of primary amides is 1. The maximum absolute atomic E-state index is 11.0. The van der Waals surface area contributed by atoms with Gasteiger partial charge in [0, 0.05) is 12.0 Å². The lowest BCUT2D eigenvalue weighted by atomic mass is 9.90. The third-order valence-electron chi connectivity index (χ3n) is 2.70. The molecule has 15 heavy (non-hydrogen) atoms. The topological polar surface area (TPSA) is 55.1 Å². The Balaban J connectivity index is 4.07. The van der Waals surface area contributed by atoms with Crippen LogP contribution in [-0.2, 0) is 4.79 Å². The fourth-order valence-corrected chi connectivity index (χ4v) is 1.82. The van der Waals surface area contributed by atoms with Gasteiger partial charge in [-0.1, -0.05) is 33.1 Å². The van der Waals surface area contributed by atoms with Gasteiger partial charge in [-0.2, -0.15) is 0 Å². The highest BCUT2D eigenvalue weighted by Gasteiger charge is 2.24. The molecule has 0 aromatic rings. The van der Waals surface area contributed by atoms with Crippen molar-refractivity contribution < 1.29 is 4.79 Å². The first-order valence-electron chi connectivity index (χ1n) is 6.07. The van der Waals surface area contributed by atoms with Crippen molar-refractivity contribution in [2.75, 3.05) is 6.54 Å². The molecule has 0 aliphatic carbocycles. The molecule has 0 aromatic heterocycles. The average molecular weight is 214 g/mol. The minimum Gasteiger partial charge on any atom is -0.370 e. The van der Waals surface area contributed by atoms with Crippen molar-refractivity contribution in [1.29, 1.82) is 0 Å². The molecule has 1 unspecified atom stereocenters. The van der Waals surface area contributed by atoms with Gasteiger partial charge in [0.1, 0.15) is 0 Å². The third-order valence-corrected chi connectivity index (χ3v) is 2.70. The van der Waals surface area contributed by atoms with Crippen molar-refractivity contribution in [1.82, 2.24) is 5.32 Å². The van der Waals surface area contributed by atoms with E-state index in [1.807, 2.05) is 0 Å². The summed E-state index contributed by atoms with van der Waals surface area (Å²) in [6.07, 6.45) is 6.15. The molecule has 0 radical (unpaired) electrons. The van der Waals surface area contributed by atoms with E-state index in [0.717, 1.165) is 25.8 Å². The molecule has 0 bridgehead atoms. The SMILES string of the molecule is CCCCCC(C)(CC(N)=O)NCCC. The molecule has 0 aliphatic rings. The second-order valence-corrected chi connectivity index (χ2v) is 4.59. The molecule has 0 saturated heterocycles. The highest BCUT2D eigenvalue weighted by atomic mass is 16.1. The Bertz CT molecular complexity index is 182. The van der Waals surface area contributed by atoms with Crippen LogP contribution in [0.4, 0.5) is 0 Å². The van der Waals surface area contributed by atoms with E-state index in [1.54, 1.807) is 0 Å². The normalized spacial score (nSPS) is 14.9. The van der Waals surface area contributed by atoms with Gasteiger partial charge in [0.2, 0.25) is 5.91 Å². The summed E-state index contributed by atoms with van der Waals surface area (Å²) < 4.78 is 0. The summed E-state index contributed by atoms with van der Waals surface area (Å²) in [4.78, 5) is 11.0. The van der Waals surface area contributed by atoms with E-state index in [4.69, 9.17) is 5.73 Å². The number of carbonyl (C=O) groups is 1. The molecule has 0 aromatic carbocycles. The van der Waals surface area contributed by atoms with Crippen LogP contribution in [0.3, 0.4) is 0 Å². The smallest absolute Gasteiger partial charge is 0.219 e. The molecule has 90 valence electrons. The molecule has 3 heteroatoms. The van der Waals surface area contributed by atoms with Gasteiger partial charge in [0.25, 0.3) is 0 Å². The summed E-state index contributed by atoms with van der Waals surface area (Å²) in [7, 11) is 0.